The molecule has 1 saturated heterocycles. The van der Waals surface area contributed by atoms with Crippen molar-refractivity contribution in [1.82, 2.24) is 20.1 Å². The summed E-state index contributed by atoms with van der Waals surface area (Å²) in [6.07, 6.45) is 8.23. The second kappa shape index (κ2) is 13.4. The summed E-state index contributed by atoms with van der Waals surface area (Å²) in [6.45, 7) is 2.86. The number of methoxy groups -OCH3 is 1. The zero-order valence-electron chi connectivity index (χ0n) is 21.6. The van der Waals surface area contributed by atoms with Crippen molar-refractivity contribution in [2.24, 2.45) is 11.8 Å². The van der Waals surface area contributed by atoms with Crippen molar-refractivity contribution in [2.75, 3.05) is 26.7 Å². The van der Waals surface area contributed by atoms with Crippen LogP contribution in [0.2, 0.25) is 0 Å². The van der Waals surface area contributed by atoms with Gasteiger partial charge >= 0.3 is 5.97 Å². The van der Waals surface area contributed by atoms with Crippen molar-refractivity contribution in [3.8, 4) is 5.75 Å². The van der Waals surface area contributed by atoms with E-state index in [0.717, 1.165) is 68.3 Å². The highest BCUT2D eigenvalue weighted by Crippen LogP contribution is 2.36. The maximum absolute atomic E-state index is 15.5. The number of pyridine rings is 1. The van der Waals surface area contributed by atoms with Gasteiger partial charge in [0.15, 0.2) is 0 Å². The van der Waals surface area contributed by atoms with E-state index >= 15 is 4.39 Å². The number of alkyl halides is 1. The largest absolute Gasteiger partial charge is 0.497 e. The van der Waals surface area contributed by atoms with Gasteiger partial charge in [-0.1, -0.05) is 0 Å². The summed E-state index contributed by atoms with van der Waals surface area (Å²) in [5.41, 5.74) is 2.42. The fraction of sp³-hybridized carbons (Fsp3) is 0.517. The predicted molar refractivity (Wildman–Crippen MR) is 141 cm³/mol. The van der Waals surface area contributed by atoms with Gasteiger partial charge in [0.25, 0.3) is 0 Å². The van der Waals surface area contributed by atoms with E-state index in [1.807, 2.05) is 30.3 Å². The molecule has 0 saturated carbocycles. The molecule has 1 aliphatic rings. The van der Waals surface area contributed by atoms with Crippen molar-refractivity contribution >= 4 is 16.9 Å². The number of aryl methyl sites for hydroxylation is 1. The van der Waals surface area contributed by atoms with Crippen LogP contribution in [0, 0.1) is 11.8 Å². The molecule has 3 atom stereocenters. The number of rotatable bonds is 13. The van der Waals surface area contributed by atoms with E-state index in [-0.39, 0.29) is 12.3 Å². The number of halogens is 1. The predicted octanol–water partition coefficient (Wildman–Crippen LogP) is 5.65. The molecular formula is C29H37FN4O3. The lowest BCUT2D eigenvalue weighted by Gasteiger charge is -2.39. The molecule has 0 bridgehead atoms. The Hall–Kier alpha value is -3.13. The van der Waals surface area contributed by atoms with Gasteiger partial charge in [0.1, 0.15) is 11.9 Å². The zero-order valence-corrected chi connectivity index (χ0v) is 21.6. The molecule has 7 nitrogen and oxygen atoms in total. The fourth-order valence-corrected chi connectivity index (χ4v) is 5.55. The molecule has 1 aliphatic heterocycles. The summed E-state index contributed by atoms with van der Waals surface area (Å²) in [7, 11) is 1.60. The van der Waals surface area contributed by atoms with Crippen LogP contribution in [0.1, 0.15) is 62.4 Å². The van der Waals surface area contributed by atoms with Gasteiger partial charge in [0.2, 0.25) is 0 Å². The lowest BCUT2D eigenvalue weighted by atomic mass is 9.79. The average molecular weight is 509 g/mol. The molecular weight excluding hydrogens is 471 g/mol. The second-order valence-corrected chi connectivity index (χ2v) is 10.0. The number of fused-ring (bicyclic) bond motifs is 1. The van der Waals surface area contributed by atoms with Gasteiger partial charge in [-0.25, -0.2) is 4.39 Å². The van der Waals surface area contributed by atoms with Crippen molar-refractivity contribution < 1.29 is 19.0 Å². The van der Waals surface area contributed by atoms with Gasteiger partial charge in [-0.3, -0.25) is 9.78 Å². The molecule has 3 aromatic rings. The number of hydrogen-bond acceptors (Lipinski definition) is 6. The quantitative estimate of drug-likeness (QED) is 0.299. The molecule has 2 aromatic heterocycles. The number of likely N-dealkylation sites (tertiary alicyclic amines) is 1. The van der Waals surface area contributed by atoms with Crippen LogP contribution in [0.15, 0.2) is 48.8 Å². The third kappa shape index (κ3) is 7.68. The third-order valence-electron chi connectivity index (χ3n) is 7.60. The van der Waals surface area contributed by atoms with Crippen molar-refractivity contribution in [3.63, 3.8) is 0 Å². The maximum atomic E-state index is 15.5. The Kier molecular flexibility index (Phi) is 9.77. The first kappa shape index (κ1) is 26.9. The fourth-order valence-electron chi connectivity index (χ4n) is 5.55. The summed E-state index contributed by atoms with van der Waals surface area (Å²) >= 11 is 0. The summed E-state index contributed by atoms with van der Waals surface area (Å²) < 4.78 is 20.9. The molecule has 37 heavy (non-hydrogen) atoms. The van der Waals surface area contributed by atoms with Crippen LogP contribution in [0.3, 0.4) is 0 Å². The first-order chi connectivity index (χ1) is 18.0. The van der Waals surface area contributed by atoms with Crippen molar-refractivity contribution in [2.45, 2.75) is 57.5 Å². The zero-order chi connectivity index (χ0) is 26.0. The third-order valence-corrected chi connectivity index (χ3v) is 7.60. The molecule has 3 heterocycles. The highest BCUT2D eigenvalue weighted by molar-refractivity contribution is 5.83. The van der Waals surface area contributed by atoms with Crippen LogP contribution in [0.5, 0.6) is 5.75 Å². The molecule has 1 aromatic carbocycles. The number of piperidine rings is 1. The molecule has 4 rings (SSSR count). The van der Waals surface area contributed by atoms with Gasteiger partial charge < -0.3 is 14.7 Å². The SMILES string of the molecule is COc1ccc2nccc(C(F)CC[C@@H]3CCN(CCCCc4cccnn4)C[C@@H]3CCC(=O)O)c2c1. The number of ether oxygens (including phenoxy) is 1. The van der Waals surface area contributed by atoms with Gasteiger partial charge in [0.05, 0.1) is 18.3 Å². The van der Waals surface area contributed by atoms with E-state index < -0.39 is 12.1 Å². The van der Waals surface area contributed by atoms with Crippen LogP contribution in [-0.2, 0) is 11.2 Å². The molecule has 1 fully saturated rings. The lowest BCUT2D eigenvalue weighted by Crippen LogP contribution is -2.41. The normalized spacial score (nSPS) is 19.1. The van der Waals surface area contributed by atoms with Gasteiger partial charge in [-0.05, 0) is 112 Å². The van der Waals surface area contributed by atoms with Gasteiger partial charge in [-0.15, -0.1) is 0 Å². The highest BCUT2D eigenvalue weighted by Gasteiger charge is 2.30. The molecule has 8 heteroatoms. The molecule has 1 N–H and O–H groups in total. The number of aliphatic carboxylic acids is 1. The smallest absolute Gasteiger partial charge is 0.303 e. The summed E-state index contributed by atoms with van der Waals surface area (Å²) in [5, 5.41) is 18.2. The first-order valence-electron chi connectivity index (χ1n) is 13.3. The van der Waals surface area contributed by atoms with Crippen LogP contribution in [-0.4, -0.2) is 57.9 Å². The van der Waals surface area contributed by atoms with E-state index in [9.17, 15) is 9.90 Å². The molecule has 0 radical (unpaired) electrons. The van der Waals surface area contributed by atoms with Gasteiger partial charge in [-0.2, -0.15) is 10.2 Å². The lowest BCUT2D eigenvalue weighted by molar-refractivity contribution is -0.137. The van der Waals surface area contributed by atoms with Crippen LogP contribution >= 0.6 is 0 Å². The number of aromatic nitrogens is 3. The monoisotopic (exact) mass is 508 g/mol. The Morgan fingerprint density at radius 2 is 2.08 bits per heavy atom. The molecule has 198 valence electrons. The topological polar surface area (TPSA) is 88.4 Å². The Morgan fingerprint density at radius 3 is 2.86 bits per heavy atom. The molecule has 0 amide bonds. The number of carbonyl (C=O) groups is 1. The van der Waals surface area contributed by atoms with E-state index in [1.165, 1.54) is 0 Å². The summed E-state index contributed by atoms with van der Waals surface area (Å²) in [4.78, 5) is 18.1. The number of nitrogens with zero attached hydrogens (tertiary/aromatic N) is 4. The summed E-state index contributed by atoms with van der Waals surface area (Å²) in [5.74, 6) is 0.523. The highest BCUT2D eigenvalue weighted by atomic mass is 19.1. The van der Waals surface area contributed by atoms with Crippen LogP contribution < -0.4 is 4.74 Å². The molecule has 0 spiro atoms. The number of benzene rings is 1. The Morgan fingerprint density at radius 1 is 1.19 bits per heavy atom. The van der Waals surface area contributed by atoms with E-state index in [4.69, 9.17) is 4.74 Å². The summed E-state index contributed by atoms with van der Waals surface area (Å²) in [6, 6.07) is 11.2. The minimum atomic E-state index is -1.10. The Balaban J connectivity index is 1.32. The van der Waals surface area contributed by atoms with Crippen molar-refractivity contribution in [3.05, 3.63) is 60.0 Å². The average Bonchev–Trinajstić information content (AvgIpc) is 2.93. The molecule has 1 unspecified atom stereocenters. The number of hydrogen-bond donors (Lipinski definition) is 1. The first-order valence-corrected chi connectivity index (χ1v) is 13.3. The second-order valence-electron chi connectivity index (χ2n) is 10.0. The minimum Gasteiger partial charge on any atom is -0.497 e. The van der Waals surface area contributed by atoms with E-state index in [1.54, 1.807) is 25.6 Å². The maximum Gasteiger partial charge on any atom is 0.303 e. The number of carboxylic acid groups (broad SMARTS) is 1. The van der Waals surface area contributed by atoms with Crippen molar-refractivity contribution in [1.29, 1.82) is 0 Å². The number of carboxylic acids is 1. The van der Waals surface area contributed by atoms with E-state index in [0.29, 0.717) is 30.1 Å². The number of unbranched alkanes of at least 4 members (excludes halogenated alkanes) is 1. The Labute approximate surface area is 218 Å². The minimum absolute atomic E-state index is 0.162. The van der Waals surface area contributed by atoms with Crippen LogP contribution in [0.25, 0.3) is 10.9 Å². The van der Waals surface area contributed by atoms with Crippen LogP contribution in [0.4, 0.5) is 4.39 Å². The van der Waals surface area contributed by atoms with Gasteiger partial charge in [0, 0.05) is 30.7 Å². The standard InChI is InChI=1S/C29H37FN4O3/c1-37-24-9-11-28-26(19-24)25(13-16-31-28)27(30)10-7-21-14-18-34(20-22(21)8-12-29(35)36)17-3-2-5-23-6-4-15-32-33-23/h4,6,9,11,13,15-16,19,21-22,27H,2-3,5,7-8,10,12,14,17-18,20H2,1H3,(H,35,36)/t21-,22+,27?/m1/s1. The molecule has 0 aliphatic carbocycles. The van der Waals surface area contributed by atoms with E-state index in [2.05, 4.69) is 20.1 Å². The Bertz CT molecular complexity index is 1150.